The number of unbranched alkanes of at least 4 members (excludes halogenated alkanes) is 1. The standard InChI is InChI=1S/C19H39N3/c1-7-11-19(20-8-2)18(6)22-15-13-17(5)21-14-10-9-12-16(3)4/h16,19-22H,5-15H2,1-4H3. The molecule has 0 saturated heterocycles. The lowest BCUT2D eigenvalue weighted by Crippen LogP contribution is -2.36. The minimum absolute atomic E-state index is 0.382. The zero-order chi connectivity index (χ0) is 16.8. The van der Waals surface area contributed by atoms with Crippen molar-refractivity contribution in [3.8, 4) is 0 Å². The first kappa shape index (κ1) is 21.0. The minimum atomic E-state index is 0.382. The van der Waals surface area contributed by atoms with Crippen LogP contribution in [0.15, 0.2) is 24.6 Å². The molecule has 0 spiro atoms. The van der Waals surface area contributed by atoms with Crippen LogP contribution in [0.5, 0.6) is 0 Å². The van der Waals surface area contributed by atoms with Gasteiger partial charge in [-0.05, 0) is 25.3 Å². The van der Waals surface area contributed by atoms with E-state index in [1.165, 1.54) is 25.7 Å². The predicted molar refractivity (Wildman–Crippen MR) is 100.0 cm³/mol. The van der Waals surface area contributed by atoms with E-state index < -0.39 is 0 Å². The van der Waals surface area contributed by atoms with Crippen LogP contribution in [0.3, 0.4) is 0 Å². The third kappa shape index (κ3) is 11.7. The topological polar surface area (TPSA) is 36.1 Å². The predicted octanol–water partition coefficient (Wildman–Crippen LogP) is 4.19. The van der Waals surface area contributed by atoms with Crippen LogP contribution in [0, 0.1) is 5.92 Å². The highest BCUT2D eigenvalue weighted by Crippen LogP contribution is 2.06. The SMILES string of the molecule is C=C(CCNC(=C)C(CCC)NCC)NCCCCC(C)C. The Morgan fingerprint density at radius 1 is 0.955 bits per heavy atom. The second-order valence-corrected chi connectivity index (χ2v) is 6.52. The summed E-state index contributed by atoms with van der Waals surface area (Å²) in [6, 6.07) is 0.382. The quantitative estimate of drug-likeness (QED) is 0.397. The van der Waals surface area contributed by atoms with E-state index in [1.54, 1.807) is 0 Å². The molecule has 0 aromatic heterocycles. The van der Waals surface area contributed by atoms with Gasteiger partial charge in [0.15, 0.2) is 0 Å². The average Bonchev–Trinajstić information content (AvgIpc) is 2.46. The lowest BCUT2D eigenvalue weighted by molar-refractivity contribution is 0.511. The fourth-order valence-electron chi connectivity index (χ4n) is 2.46. The van der Waals surface area contributed by atoms with Crippen molar-refractivity contribution in [1.82, 2.24) is 16.0 Å². The first-order valence-corrected chi connectivity index (χ1v) is 9.08. The van der Waals surface area contributed by atoms with E-state index in [-0.39, 0.29) is 0 Å². The highest BCUT2D eigenvalue weighted by Gasteiger charge is 2.09. The van der Waals surface area contributed by atoms with Crippen molar-refractivity contribution in [2.45, 2.75) is 72.3 Å². The molecule has 3 N–H and O–H groups in total. The Morgan fingerprint density at radius 3 is 2.27 bits per heavy atom. The Hall–Kier alpha value is -0.960. The Balaban J connectivity index is 3.71. The molecule has 3 nitrogen and oxygen atoms in total. The molecule has 1 unspecified atom stereocenters. The van der Waals surface area contributed by atoms with Crippen molar-refractivity contribution in [2.75, 3.05) is 19.6 Å². The van der Waals surface area contributed by atoms with Crippen LogP contribution in [0.4, 0.5) is 0 Å². The van der Waals surface area contributed by atoms with Gasteiger partial charge in [0.2, 0.25) is 0 Å². The second kappa shape index (κ2) is 13.7. The van der Waals surface area contributed by atoms with Gasteiger partial charge in [0, 0.05) is 36.9 Å². The number of likely N-dealkylation sites (N-methyl/N-ethyl adjacent to an activating group) is 1. The summed E-state index contributed by atoms with van der Waals surface area (Å²) in [5.74, 6) is 0.811. The first-order valence-electron chi connectivity index (χ1n) is 9.08. The maximum Gasteiger partial charge on any atom is 0.0463 e. The smallest absolute Gasteiger partial charge is 0.0463 e. The van der Waals surface area contributed by atoms with Gasteiger partial charge in [-0.25, -0.2) is 0 Å². The van der Waals surface area contributed by atoms with Gasteiger partial charge in [-0.2, -0.15) is 0 Å². The summed E-state index contributed by atoms with van der Waals surface area (Å²) >= 11 is 0. The number of hydrogen-bond acceptors (Lipinski definition) is 3. The summed E-state index contributed by atoms with van der Waals surface area (Å²) in [7, 11) is 0. The Kier molecular flexibility index (Phi) is 13.1. The summed E-state index contributed by atoms with van der Waals surface area (Å²) in [5.41, 5.74) is 2.23. The first-order chi connectivity index (χ1) is 10.5. The molecule has 0 heterocycles. The van der Waals surface area contributed by atoms with Gasteiger partial charge in [-0.15, -0.1) is 0 Å². The summed E-state index contributed by atoms with van der Waals surface area (Å²) < 4.78 is 0. The monoisotopic (exact) mass is 309 g/mol. The van der Waals surface area contributed by atoms with Crippen LogP contribution < -0.4 is 16.0 Å². The van der Waals surface area contributed by atoms with Crippen LogP contribution in [0.1, 0.15) is 66.2 Å². The largest absolute Gasteiger partial charge is 0.389 e. The molecule has 0 bridgehead atoms. The van der Waals surface area contributed by atoms with Crippen LogP contribution in [0.2, 0.25) is 0 Å². The Bertz CT molecular complexity index is 291. The van der Waals surface area contributed by atoms with E-state index >= 15 is 0 Å². The molecule has 0 aliphatic carbocycles. The summed E-state index contributed by atoms with van der Waals surface area (Å²) in [5, 5.41) is 10.4. The molecule has 22 heavy (non-hydrogen) atoms. The molecular formula is C19H39N3. The molecule has 0 aliphatic rings. The van der Waals surface area contributed by atoms with E-state index in [0.717, 1.165) is 49.8 Å². The molecular weight excluding hydrogens is 270 g/mol. The molecule has 0 fully saturated rings. The molecule has 3 heteroatoms. The summed E-state index contributed by atoms with van der Waals surface area (Å²) in [4.78, 5) is 0. The fourth-order valence-corrected chi connectivity index (χ4v) is 2.46. The zero-order valence-corrected chi connectivity index (χ0v) is 15.4. The van der Waals surface area contributed by atoms with Crippen LogP contribution >= 0.6 is 0 Å². The van der Waals surface area contributed by atoms with Crippen molar-refractivity contribution in [2.24, 2.45) is 5.92 Å². The maximum atomic E-state index is 4.17. The molecule has 130 valence electrons. The van der Waals surface area contributed by atoms with Gasteiger partial charge in [0.25, 0.3) is 0 Å². The van der Waals surface area contributed by atoms with Gasteiger partial charge >= 0.3 is 0 Å². The van der Waals surface area contributed by atoms with E-state index in [0.29, 0.717) is 6.04 Å². The van der Waals surface area contributed by atoms with Crippen LogP contribution in [0.25, 0.3) is 0 Å². The van der Waals surface area contributed by atoms with Crippen LogP contribution in [-0.2, 0) is 0 Å². The minimum Gasteiger partial charge on any atom is -0.389 e. The highest BCUT2D eigenvalue weighted by atomic mass is 15.0. The lowest BCUT2D eigenvalue weighted by Gasteiger charge is -2.21. The van der Waals surface area contributed by atoms with Crippen molar-refractivity contribution >= 4 is 0 Å². The molecule has 0 saturated carbocycles. The second-order valence-electron chi connectivity index (χ2n) is 6.52. The van der Waals surface area contributed by atoms with Crippen LogP contribution in [-0.4, -0.2) is 25.7 Å². The third-order valence-corrected chi connectivity index (χ3v) is 3.81. The molecule has 0 radical (unpaired) electrons. The van der Waals surface area contributed by atoms with Crippen molar-refractivity contribution in [3.63, 3.8) is 0 Å². The lowest BCUT2D eigenvalue weighted by atomic mass is 10.1. The van der Waals surface area contributed by atoms with Crippen molar-refractivity contribution < 1.29 is 0 Å². The molecule has 0 aromatic rings. The molecule has 0 aromatic carbocycles. The third-order valence-electron chi connectivity index (χ3n) is 3.81. The average molecular weight is 310 g/mol. The number of hydrogen-bond donors (Lipinski definition) is 3. The van der Waals surface area contributed by atoms with Gasteiger partial charge in [-0.1, -0.05) is 60.1 Å². The molecule has 0 aliphatic heterocycles. The normalized spacial score (nSPS) is 12.2. The Morgan fingerprint density at radius 2 is 1.68 bits per heavy atom. The van der Waals surface area contributed by atoms with Gasteiger partial charge in [0.05, 0.1) is 0 Å². The number of rotatable bonds is 15. The van der Waals surface area contributed by atoms with Crippen molar-refractivity contribution in [1.29, 1.82) is 0 Å². The van der Waals surface area contributed by atoms with E-state index in [4.69, 9.17) is 0 Å². The zero-order valence-electron chi connectivity index (χ0n) is 15.4. The van der Waals surface area contributed by atoms with Gasteiger partial charge in [0.1, 0.15) is 0 Å². The van der Waals surface area contributed by atoms with Gasteiger partial charge in [-0.3, -0.25) is 0 Å². The molecule has 0 rings (SSSR count). The molecule has 0 amide bonds. The maximum absolute atomic E-state index is 4.17. The van der Waals surface area contributed by atoms with E-state index in [9.17, 15) is 0 Å². The summed E-state index contributed by atoms with van der Waals surface area (Å²) in [6.07, 6.45) is 7.11. The highest BCUT2D eigenvalue weighted by molar-refractivity contribution is 5.04. The Labute approximate surface area is 139 Å². The van der Waals surface area contributed by atoms with Crippen molar-refractivity contribution in [3.05, 3.63) is 24.6 Å². The summed E-state index contributed by atoms with van der Waals surface area (Å²) in [6.45, 7) is 20.1. The van der Waals surface area contributed by atoms with E-state index in [1.807, 2.05) is 0 Å². The van der Waals surface area contributed by atoms with Gasteiger partial charge < -0.3 is 16.0 Å². The molecule has 1 atom stereocenters. The fraction of sp³-hybridized carbons (Fsp3) is 0.789. The van der Waals surface area contributed by atoms with E-state index in [2.05, 4.69) is 56.8 Å². The number of nitrogens with one attached hydrogen (secondary N) is 3.